The SMILES string of the molecule is CN1C(=O)N(C2CCN(C3CCN(C(=O)CCN4CCCC4=O)CC3)CC2)[C@H]2CCCC[C@@H]21.CN1C(=O)N(C2CCN(C3CCNCC3)CC2)[C@H]2CCCC[C@@H]21. The van der Waals surface area contributed by atoms with Crippen molar-refractivity contribution in [2.75, 3.05) is 79.5 Å². The topological polar surface area (TPSA) is 106 Å². The molecule has 56 heavy (non-hydrogen) atoms. The molecule has 7 aliphatic heterocycles. The molecule has 2 aliphatic carbocycles. The van der Waals surface area contributed by atoms with Crippen LogP contribution in [0.3, 0.4) is 0 Å². The summed E-state index contributed by atoms with van der Waals surface area (Å²) in [6.07, 6.45) is 21.0. The minimum absolute atomic E-state index is 0.200. The van der Waals surface area contributed by atoms with Gasteiger partial charge in [0.1, 0.15) is 0 Å². The predicted octanol–water partition coefficient (Wildman–Crippen LogP) is 4.01. The summed E-state index contributed by atoms with van der Waals surface area (Å²) in [7, 11) is 4.02. The number of hydrogen-bond acceptors (Lipinski definition) is 7. The molecule has 0 unspecified atom stereocenters. The Bertz CT molecular complexity index is 1370. The van der Waals surface area contributed by atoms with Gasteiger partial charge in [0.25, 0.3) is 0 Å². The summed E-state index contributed by atoms with van der Waals surface area (Å²) in [6, 6.07) is 4.60. The Balaban J connectivity index is 0.000000168. The van der Waals surface area contributed by atoms with Crippen LogP contribution >= 0.6 is 0 Å². The number of likely N-dealkylation sites (N-methyl/N-ethyl adjacent to an activating group) is 2. The van der Waals surface area contributed by atoms with E-state index < -0.39 is 0 Å². The van der Waals surface area contributed by atoms with Gasteiger partial charge < -0.3 is 44.5 Å². The van der Waals surface area contributed by atoms with Crippen LogP contribution in [0.1, 0.15) is 122 Å². The number of hydrogen-bond donors (Lipinski definition) is 1. The molecule has 0 bridgehead atoms. The molecule has 7 heterocycles. The summed E-state index contributed by atoms with van der Waals surface area (Å²) in [6.45, 7) is 9.87. The average Bonchev–Trinajstić information content (AvgIpc) is 3.87. The zero-order valence-electron chi connectivity index (χ0n) is 34.8. The van der Waals surface area contributed by atoms with Gasteiger partial charge in [-0.05, 0) is 96.6 Å². The summed E-state index contributed by atoms with van der Waals surface area (Å²) in [5, 5.41) is 3.46. The second-order valence-electron chi connectivity index (χ2n) is 18.8. The van der Waals surface area contributed by atoms with E-state index in [9.17, 15) is 19.2 Å². The molecule has 2 saturated carbocycles. The number of nitrogens with zero attached hydrogens (tertiary/aromatic N) is 8. The van der Waals surface area contributed by atoms with Crippen LogP contribution in [0.15, 0.2) is 0 Å². The molecule has 0 aromatic carbocycles. The van der Waals surface area contributed by atoms with Gasteiger partial charge >= 0.3 is 12.1 Å². The number of carbonyl (C=O) groups excluding carboxylic acids is 4. The molecule has 9 fully saturated rings. The van der Waals surface area contributed by atoms with E-state index in [2.05, 4.69) is 24.9 Å². The molecular weight excluding hydrogens is 707 g/mol. The third-order valence-electron chi connectivity index (χ3n) is 15.9. The highest BCUT2D eigenvalue weighted by Crippen LogP contribution is 2.38. The van der Waals surface area contributed by atoms with Crippen LogP contribution in [0.4, 0.5) is 9.59 Å². The maximum atomic E-state index is 13.0. The lowest BCUT2D eigenvalue weighted by Crippen LogP contribution is -2.53. The van der Waals surface area contributed by atoms with Gasteiger partial charge in [0.15, 0.2) is 0 Å². The second kappa shape index (κ2) is 18.1. The Kier molecular flexibility index (Phi) is 13.0. The lowest BCUT2D eigenvalue weighted by molar-refractivity contribution is -0.134. The van der Waals surface area contributed by atoms with E-state index in [4.69, 9.17) is 0 Å². The average molecular weight is 780 g/mol. The fraction of sp³-hybridized carbons (Fsp3) is 0.907. The molecule has 314 valence electrons. The van der Waals surface area contributed by atoms with Gasteiger partial charge in [0.2, 0.25) is 11.8 Å². The summed E-state index contributed by atoms with van der Waals surface area (Å²) < 4.78 is 0. The number of likely N-dealkylation sites (tertiary alicyclic amines) is 4. The highest BCUT2D eigenvalue weighted by atomic mass is 16.2. The van der Waals surface area contributed by atoms with Crippen LogP contribution in [0.5, 0.6) is 0 Å². The molecule has 0 aromatic heterocycles. The highest BCUT2D eigenvalue weighted by Gasteiger charge is 2.49. The van der Waals surface area contributed by atoms with Crippen molar-refractivity contribution in [1.82, 2.24) is 44.5 Å². The zero-order chi connectivity index (χ0) is 38.8. The van der Waals surface area contributed by atoms with E-state index in [0.29, 0.717) is 67.7 Å². The van der Waals surface area contributed by atoms with Crippen molar-refractivity contribution < 1.29 is 19.2 Å². The first-order chi connectivity index (χ1) is 27.3. The van der Waals surface area contributed by atoms with E-state index >= 15 is 0 Å². The normalized spacial score (nSPS) is 32.3. The molecule has 0 aromatic rings. The molecule has 9 rings (SSSR count). The van der Waals surface area contributed by atoms with Gasteiger partial charge in [-0.2, -0.15) is 0 Å². The zero-order valence-corrected chi connectivity index (χ0v) is 34.8. The molecule has 1 N–H and O–H groups in total. The first kappa shape index (κ1) is 40.2. The third kappa shape index (κ3) is 8.42. The number of rotatable bonds is 7. The van der Waals surface area contributed by atoms with Crippen molar-refractivity contribution in [2.45, 2.75) is 170 Å². The van der Waals surface area contributed by atoms with Gasteiger partial charge in [-0.1, -0.05) is 25.7 Å². The monoisotopic (exact) mass is 780 g/mol. The predicted molar refractivity (Wildman–Crippen MR) is 217 cm³/mol. The van der Waals surface area contributed by atoms with Crippen LogP contribution in [-0.4, -0.2) is 191 Å². The summed E-state index contributed by atoms with van der Waals surface area (Å²) >= 11 is 0. The first-order valence-corrected chi connectivity index (χ1v) is 23.1. The van der Waals surface area contributed by atoms with Crippen LogP contribution < -0.4 is 5.32 Å². The fourth-order valence-electron chi connectivity index (χ4n) is 12.6. The number of fused-ring (bicyclic) bond motifs is 2. The molecule has 6 amide bonds. The van der Waals surface area contributed by atoms with E-state index in [1.54, 1.807) is 0 Å². The molecule has 0 spiro atoms. The van der Waals surface area contributed by atoms with E-state index in [1.807, 2.05) is 33.7 Å². The Hall–Kier alpha value is -2.64. The quantitative estimate of drug-likeness (QED) is 0.417. The van der Waals surface area contributed by atoms with E-state index in [1.165, 1.54) is 96.8 Å². The van der Waals surface area contributed by atoms with Crippen molar-refractivity contribution in [3.05, 3.63) is 0 Å². The Morgan fingerprint density at radius 2 is 0.982 bits per heavy atom. The third-order valence-corrected chi connectivity index (χ3v) is 15.9. The van der Waals surface area contributed by atoms with E-state index in [-0.39, 0.29) is 17.8 Å². The molecule has 13 nitrogen and oxygen atoms in total. The van der Waals surface area contributed by atoms with Gasteiger partial charge in [-0.3, -0.25) is 9.59 Å². The molecule has 0 radical (unpaired) electrons. The van der Waals surface area contributed by atoms with Gasteiger partial charge in [-0.25, -0.2) is 9.59 Å². The lowest BCUT2D eigenvalue weighted by Gasteiger charge is -2.44. The Morgan fingerprint density at radius 1 is 0.536 bits per heavy atom. The molecular formula is C43H73N9O4. The molecule has 13 heteroatoms. The molecule has 4 atom stereocenters. The standard InChI is InChI=1S/C25H41N5O3.C18H32N4O/c1-26-21-5-2-3-6-22(21)30(25(26)33)20-10-14-27(15-11-20)19-8-16-29(17-9-19)24(32)12-18-28-13-4-7-23(28)31;1-20-16-4-2-3-5-17(16)22(18(20)23)15-8-12-21(13-9-15)14-6-10-19-11-7-14/h19-22H,2-18H2,1H3;14-17,19H,2-13H2,1H3/t21-,22-;16-,17-/m00/s1. The van der Waals surface area contributed by atoms with Crippen LogP contribution in [-0.2, 0) is 9.59 Å². The molecule has 9 aliphatic rings. The van der Waals surface area contributed by atoms with Crippen LogP contribution in [0.25, 0.3) is 0 Å². The van der Waals surface area contributed by atoms with Crippen molar-refractivity contribution in [3.8, 4) is 0 Å². The minimum atomic E-state index is 0.200. The Morgan fingerprint density at radius 3 is 1.45 bits per heavy atom. The van der Waals surface area contributed by atoms with Gasteiger partial charge in [-0.15, -0.1) is 0 Å². The van der Waals surface area contributed by atoms with Crippen LogP contribution in [0, 0.1) is 0 Å². The summed E-state index contributed by atoms with van der Waals surface area (Å²) in [5.41, 5.74) is 0. The van der Waals surface area contributed by atoms with Crippen molar-refractivity contribution >= 4 is 23.9 Å². The number of urea groups is 2. The maximum Gasteiger partial charge on any atom is 0.320 e. The maximum absolute atomic E-state index is 13.0. The van der Waals surface area contributed by atoms with Crippen molar-refractivity contribution in [3.63, 3.8) is 0 Å². The van der Waals surface area contributed by atoms with Crippen LogP contribution in [0.2, 0.25) is 0 Å². The number of piperidine rings is 4. The minimum Gasteiger partial charge on any atom is -0.343 e. The van der Waals surface area contributed by atoms with E-state index in [0.717, 1.165) is 77.3 Å². The Labute approximate surface area is 336 Å². The smallest absolute Gasteiger partial charge is 0.320 e. The summed E-state index contributed by atoms with van der Waals surface area (Å²) in [5.74, 6) is 0.400. The van der Waals surface area contributed by atoms with Crippen molar-refractivity contribution in [2.24, 2.45) is 0 Å². The first-order valence-electron chi connectivity index (χ1n) is 23.1. The van der Waals surface area contributed by atoms with Gasteiger partial charge in [0, 0.05) is 103 Å². The number of nitrogens with one attached hydrogen (secondary N) is 1. The van der Waals surface area contributed by atoms with Crippen molar-refractivity contribution in [1.29, 1.82) is 0 Å². The lowest BCUT2D eigenvalue weighted by atomic mass is 9.88. The number of carbonyl (C=O) groups is 4. The van der Waals surface area contributed by atoms with Gasteiger partial charge in [0.05, 0.1) is 24.2 Å². The summed E-state index contributed by atoms with van der Waals surface area (Å²) in [4.78, 5) is 67.9. The highest BCUT2D eigenvalue weighted by molar-refractivity contribution is 5.80. The second-order valence-corrected chi connectivity index (χ2v) is 18.8. The number of amides is 6. The fourth-order valence-corrected chi connectivity index (χ4v) is 12.6. The molecule has 7 saturated heterocycles. The largest absolute Gasteiger partial charge is 0.343 e.